The number of ether oxygens (including phenoxy) is 1. The van der Waals surface area contributed by atoms with E-state index in [1.54, 1.807) is 13.0 Å². The average Bonchev–Trinajstić information content (AvgIpc) is 2.84. The van der Waals surface area contributed by atoms with Crippen molar-refractivity contribution in [2.24, 2.45) is 0 Å². The minimum atomic E-state index is -3.85. The summed E-state index contributed by atoms with van der Waals surface area (Å²) in [7, 11) is -2.47. The zero-order valence-electron chi connectivity index (χ0n) is 10.1. The van der Waals surface area contributed by atoms with Gasteiger partial charge in [0, 0.05) is 17.2 Å². The molecule has 2 aromatic rings. The van der Waals surface area contributed by atoms with Gasteiger partial charge in [0.2, 0.25) is 5.13 Å². The number of aromatic nitrogens is 3. The van der Waals surface area contributed by atoms with Gasteiger partial charge in [0.1, 0.15) is 10.6 Å². The van der Waals surface area contributed by atoms with Crippen LogP contribution in [0.5, 0.6) is 5.75 Å². The number of methoxy groups -OCH3 is 1. The van der Waals surface area contributed by atoms with Crippen molar-refractivity contribution in [3.63, 3.8) is 0 Å². The van der Waals surface area contributed by atoms with Crippen molar-refractivity contribution in [1.82, 2.24) is 14.8 Å². The molecule has 0 saturated carbocycles. The Balaban J connectivity index is 2.48. The summed E-state index contributed by atoms with van der Waals surface area (Å²) in [4.78, 5) is -0.0618. The summed E-state index contributed by atoms with van der Waals surface area (Å²) in [6.45, 7) is 1.76. The molecule has 8 nitrogen and oxygen atoms in total. The summed E-state index contributed by atoms with van der Waals surface area (Å²) in [5, 5.41) is 6.90. The highest BCUT2D eigenvalue weighted by Crippen LogP contribution is 2.30. The fraction of sp³-hybridized carbons (Fsp3) is 0.222. The molecule has 0 saturated heterocycles. The Bertz CT molecular complexity index is 684. The molecule has 102 valence electrons. The molecule has 0 fully saturated rings. The molecule has 0 aliphatic heterocycles. The predicted octanol–water partition coefficient (Wildman–Crippen LogP) is 0.633. The zero-order valence-corrected chi connectivity index (χ0v) is 11.7. The van der Waals surface area contributed by atoms with E-state index in [0.29, 0.717) is 5.69 Å². The van der Waals surface area contributed by atoms with Crippen LogP contribution in [0.15, 0.2) is 17.0 Å². The van der Waals surface area contributed by atoms with Gasteiger partial charge in [-0.25, -0.2) is 8.42 Å². The molecule has 0 amide bonds. The second-order valence-corrected chi connectivity index (χ2v) is 6.02. The number of hydrogen-bond donors (Lipinski definition) is 2. The highest BCUT2D eigenvalue weighted by Gasteiger charge is 2.22. The van der Waals surface area contributed by atoms with Gasteiger partial charge < -0.3 is 10.5 Å². The van der Waals surface area contributed by atoms with E-state index in [2.05, 4.69) is 19.5 Å². The van der Waals surface area contributed by atoms with Gasteiger partial charge in [0.15, 0.2) is 0 Å². The van der Waals surface area contributed by atoms with Gasteiger partial charge in [-0.2, -0.15) is 0 Å². The summed E-state index contributed by atoms with van der Waals surface area (Å²) in [5.41, 5.74) is 6.82. The minimum absolute atomic E-state index is 0.0618. The summed E-state index contributed by atoms with van der Waals surface area (Å²) in [6, 6.07) is 2.90. The summed E-state index contributed by atoms with van der Waals surface area (Å²) in [6.07, 6.45) is 0. The quantitative estimate of drug-likeness (QED) is 0.795. The fourth-order valence-electron chi connectivity index (χ4n) is 1.39. The first-order valence-electron chi connectivity index (χ1n) is 5.06. The molecule has 3 N–H and O–H groups in total. The SMILES string of the molecule is COc1cc(C)c(N)cc1S(=O)(=O)Nc1nnns1. The lowest BCUT2D eigenvalue weighted by Gasteiger charge is -2.12. The number of nitrogens with two attached hydrogens (primary N) is 1. The first-order valence-corrected chi connectivity index (χ1v) is 7.31. The van der Waals surface area contributed by atoms with Gasteiger partial charge >= 0.3 is 0 Å². The maximum Gasteiger partial charge on any atom is 0.267 e. The number of nitrogen functional groups attached to an aromatic ring is 1. The number of hydrogen-bond acceptors (Lipinski definition) is 8. The van der Waals surface area contributed by atoms with E-state index < -0.39 is 10.0 Å². The Kier molecular flexibility index (Phi) is 3.53. The van der Waals surface area contributed by atoms with Crippen LogP contribution in [0.25, 0.3) is 0 Å². The van der Waals surface area contributed by atoms with E-state index in [0.717, 1.165) is 17.1 Å². The lowest BCUT2D eigenvalue weighted by atomic mass is 10.2. The normalized spacial score (nSPS) is 11.3. The van der Waals surface area contributed by atoms with Crippen LogP contribution in [0, 0.1) is 6.92 Å². The summed E-state index contributed by atoms with van der Waals surface area (Å²) in [5.74, 6) is 0.205. The molecule has 10 heteroatoms. The molecule has 0 spiro atoms. The summed E-state index contributed by atoms with van der Waals surface area (Å²) >= 11 is 0.831. The van der Waals surface area contributed by atoms with Crippen LogP contribution < -0.4 is 15.2 Å². The lowest BCUT2D eigenvalue weighted by molar-refractivity contribution is 0.402. The van der Waals surface area contributed by atoms with Gasteiger partial charge in [-0.05, 0) is 29.8 Å². The molecule has 19 heavy (non-hydrogen) atoms. The van der Waals surface area contributed by atoms with Crippen molar-refractivity contribution in [3.05, 3.63) is 17.7 Å². The number of anilines is 2. The molecular formula is C9H11N5O3S2. The van der Waals surface area contributed by atoms with Crippen molar-refractivity contribution in [2.75, 3.05) is 17.6 Å². The molecule has 1 aromatic carbocycles. The minimum Gasteiger partial charge on any atom is -0.495 e. The van der Waals surface area contributed by atoms with E-state index >= 15 is 0 Å². The molecule has 0 bridgehead atoms. The van der Waals surface area contributed by atoms with Crippen LogP contribution in [-0.4, -0.2) is 30.3 Å². The van der Waals surface area contributed by atoms with Crippen LogP contribution in [0.2, 0.25) is 0 Å². The molecule has 2 rings (SSSR count). The van der Waals surface area contributed by atoms with Gasteiger partial charge in [-0.3, -0.25) is 4.72 Å². The number of aryl methyl sites for hydroxylation is 1. The number of rotatable bonds is 4. The van der Waals surface area contributed by atoms with Gasteiger partial charge in [-0.15, -0.1) is 0 Å². The molecule has 0 aliphatic carbocycles. The highest BCUT2D eigenvalue weighted by molar-refractivity contribution is 7.93. The number of nitrogens with zero attached hydrogens (tertiary/aromatic N) is 3. The van der Waals surface area contributed by atoms with E-state index in [-0.39, 0.29) is 15.8 Å². The third-order valence-electron chi connectivity index (χ3n) is 2.36. The molecule has 1 heterocycles. The predicted molar refractivity (Wildman–Crippen MR) is 70.7 cm³/mol. The van der Waals surface area contributed by atoms with E-state index in [4.69, 9.17) is 10.5 Å². The Labute approximate surface area is 113 Å². The standard InChI is InChI=1S/C9H11N5O3S2/c1-5-3-7(17-2)8(4-6(5)10)19(15,16)12-9-11-13-14-18-9/h3-4H,10H2,1-2H3,(H,11,12,14). The first-order chi connectivity index (χ1) is 8.94. The zero-order chi connectivity index (χ0) is 14.0. The average molecular weight is 301 g/mol. The lowest BCUT2D eigenvalue weighted by Crippen LogP contribution is -2.14. The topological polar surface area (TPSA) is 120 Å². The van der Waals surface area contributed by atoms with Gasteiger partial charge in [0.25, 0.3) is 10.0 Å². The van der Waals surface area contributed by atoms with Crippen molar-refractivity contribution in [1.29, 1.82) is 0 Å². The number of sulfonamides is 1. The summed E-state index contributed by atoms with van der Waals surface area (Å²) < 4.78 is 35.2. The second-order valence-electron chi connectivity index (χ2n) is 3.63. The van der Waals surface area contributed by atoms with Crippen LogP contribution in [-0.2, 0) is 10.0 Å². The van der Waals surface area contributed by atoms with Crippen LogP contribution in [0.3, 0.4) is 0 Å². The van der Waals surface area contributed by atoms with Crippen molar-refractivity contribution >= 4 is 32.4 Å². The van der Waals surface area contributed by atoms with Crippen molar-refractivity contribution in [3.8, 4) is 5.75 Å². The Hall–Kier alpha value is -1.94. The molecular weight excluding hydrogens is 290 g/mol. The largest absolute Gasteiger partial charge is 0.495 e. The monoisotopic (exact) mass is 301 g/mol. The molecule has 1 aromatic heterocycles. The molecule has 0 unspecified atom stereocenters. The van der Waals surface area contributed by atoms with E-state index in [1.807, 2.05) is 0 Å². The highest BCUT2D eigenvalue weighted by atomic mass is 32.2. The fourth-order valence-corrected chi connectivity index (χ4v) is 3.16. The Morgan fingerprint density at radius 3 is 2.74 bits per heavy atom. The maximum atomic E-state index is 12.2. The van der Waals surface area contributed by atoms with Crippen molar-refractivity contribution < 1.29 is 13.2 Å². The third kappa shape index (κ3) is 2.74. The van der Waals surface area contributed by atoms with Crippen molar-refractivity contribution in [2.45, 2.75) is 11.8 Å². The third-order valence-corrected chi connectivity index (χ3v) is 4.36. The maximum absolute atomic E-state index is 12.2. The number of benzene rings is 1. The Morgan fingerprint density at radius 2 is 2.16 bits per heavy atom. The smallest absolute Gasteiger partial charge is 0.267 e. The van der Waals surface area contributed by atoms with Gasteiger partial charge in [0.05, 0.1) is 7.11 Å². The first kappa shape index (κ1) is 13.5. The molecule has 0 radical (unpaired) electrons. The van der Waals surface area contributed by atoms with Gasteiger partial charge in [-0.1, -0.05) is 9.59 Å². The van der Waals surface area contributed by atoms with E-state index in [9.17, 15) is 8.42 Å². The van der Waals surface area contributed by atoms with Crippen LogP contribution in [0.4, 0.5) is 10.8 Å². The van der Waals surface area contributed by atoms with Crippen LogP contribution in [0.1, 0.15) is 5.56 Å². The van der Waals surface area contributed by atoms with Crippen LogP contribution >= 0.6 is 11.5 Å². The molecule has 0 aliphatic rings. The second kappa shape index (κ2) is 4.97. The molecule has 0 atom stereocenters. The number of nitrogens with one attached hydrogen (secondary N) is 1. The Morgan fingerprint density at radius 1 is 1.42 bits per heavy atom. The van der Waals surface area contributed by atoms with E-state index in [1.165, 1.54) is 13.2 Å².